The number of nitrogens with one attached hydrogen (secondary N) is 1. The van der Waals surface area contributed by atoms with E-state index in [-0.39, 0.29) is 23.9 Å². The average molecular weight is 253 g/mol. The first-order valence-electron chi connectivity index (χ1n) is 6.79. The van der Waals surface area contributed by atoms with Crippen LogP contribution in [0.3, 0.4) is 0 Å². The highest BCUT2D eigenvalue weighted by molar-refractivity contribution is 5.85. The van der Waals surface area contributed by atoms with E-state index in [9.17, 15) is 9.59 Å². The second kappa shape index (κ2) is 5.26. The Balaban J connectivity index is 1.95. The highest BCUT2D eigenvalue weighted by Crippen LogP contribution is 2.22. The van der Waals surface area contributed by atoms with E-state index in [1.165, 1.54) is 0 Å². The van der Waals surface area contributed by atoms with Crippen LogP contribution in [-0.4, -0.2) is 59.9 Å². The Bertz CT molecular complexity index is 343. The summed E-state index contributed by atoms with van der Waals surface area (Å²) in [6.45, 7) is 5.61. The number of carbonyl (C=O) groups excluding carboxylic acids is 2. The lowest BCUT2D eigenvalue weighted by molar-refractivity contribution is -0.139. The van der Waals surface area contributed by atoms with Crippen molar-refractivity contribution in [3.05, 3.63) is 0 Å². The molecule has 2 amide bonds. The minimum atomic E-state index is -0.0343. The van der Waals surface area contributed by atoms with Gasteiger partial charge in [0.25, 0.3) is 0 Å². The Morgan fingerprint density at radius 3 is 2.61 bits per heavy atom. The maximum Gasteiger partial charge on any atom is 0.240 e. The number of hydrogen-bond acceptors (Lipinski definition) is 3. The van der Waals surface area contributed by atoms with E-state index in [0.717, 1.165) is 19.4 Å². The zero-order valence-electron chi connectivity index (χ0n) is 11.5. The normalized spacial score (nSPS) is 29.6. The summed E-state index contributed by atoms with van der Waals surface area (Å²) in [5, 5.41) is 3.31. The van der Waals surface area contributed by atoms with Crippen LogP contribution in [0.4, 0.5) is 0 Å². The molecule has 0 radical (unpaired) electrons. The van der Waals surface area contributed by atoms with Crippen molar-refractivity contribution in [3.8, 4) is 0 Å². The number of hydrogen-bond donors (Lipinski definition) is 1. The van der Waals surface area contributed by atoms with Crippen molar-refractivity contribution in [1.29, 1.82) is 0 Å². The molecule has 2 aliphatic rings. The highest BCUT2D eigenvalue weighted by Gasteiger charge is 2.38. The van der Waals surface area contributed by atoms with Crippen LogP contribution in [0, 0.1) is 0 Å². The smallest absolute Gasteiger partial charge is 0.240 e. The fourth-order valence-electron chi connectivity index (χ4n) is 2.87. The van der Waals surface area contributed by atoms with Gasteiger partial charge >= 0.3 is 0 Å². The summed E-state index contributed by atoms with van der Waals surface area (Å²) in [7, 11) is 1.82. The van der Waals surface area contributed by atoms with Crippen molar-refractivity contribution >= 4 is 11.8 Å². The minimum Gasteiger partial charge on any atom is -0.344 e. The molecule has 2 fully saturated rings. The highest BCUT2D eigenvalue weighted by atomic mass is 16.2. The Kier molecular flexibility index (Phi) is 3.90. The fraction of sp³-hybridized carbons (Fsp3) is 0.846. The van der Waals surface area contributed by atoms with Gasteiger partial charge in [0.05, 0.1) is 6.04 Å². The van der Waals surface area contributed by atoms with Gasteiger partial charge in [-0.05, 0) is 12.8 Å². The zero-order valence-corrected chi connectivity index (χ0v) is 11.5. The topological polar surface area (TPSA) is 52.7 Å². The second-order valence-electron chi connectivity index (χ2n) is 5.66. The number of piperidine rings is 1. The largest absolute Gasteiger partial charge is 0.344 e. The predicted molar refractivity (Wildman–Crippen MR) is 69.0 cm³/mol. The molecule has 0 aromatic carbocycles. The zero-order chi connectivity index (χ0) is 13.3. The summed E-state index contributed by atoms with van der Waals surface area (Å²) in [6.07, 6.45) is 2.25. The van der Waals surface area contributed by atoms with Crippen LogP contribution in [-0.2, 0) is 9.59 Å². The lowest BCUT2D eigenvalue weighted by atomic mass is 10.0. The summed E-state index contributed by atoms with van der Waals surface area (Å²) in [4.78, 5) is 27.4. The minimum absolute atomic E-state index is 0.0343. The van der Waals surface area contributed by atoms with Crippen molar-refractivity contribution in [2.75, 3.05) is 20.1 Å². The van der Waals surface area contributed by atoms with Crippen molar-refractivity contribution in [1.82, 2.24) is 15.1 Å². The molecule has 0 aromatic rings. The molecule has 0 bridgehead atoms. The van der Waals surface area contributed by atoms with E-state index in [1.54, 1.807) is 4.90 Å². The second-order valence-corrected chi connectivity index (χ2v) is 5.66. The van der Waals surface area contributed by atoms with Crippen LogP contribution in [0.1, 0.15) is 33.1 Å². The number of carbonyl (C=O) groups is 2. The van der Waals surface area contributed by atoms with E-state index in [1.807, 2.05) is 11.9 Å². The van der Waals surface area contributed by atoms with Gasteiger partial charge in [-0.25, -0.2) is 0 Å². The molecule has 2 unspecified atom stereocenters. The predicted octanol–water partition coefficient (Wildman–Crippen LogP) is 0.206. The lowest BCUT2D eigenvalue weighted by Gasteiger charge is -2.35. The van der Waals surface area contributed by atoms with Crippen LogP contribution < -0.4 is 5.32 Å². The van der Waals surface area contributed by atoms with Gasteiger partial charge in [0.1, 0.15) is 0 Å². The van der Waals surface area contributed by atoms with Gasteiger partial charge < -0.3 is 15.1 Å². The number of nitrogens with zero attached hydrogens (tertiary/aromatic N) is 2. The van der Waals surface area contributed by atoms with E-state index >= 15 is 0 Å². The summed E-state index contributed by atoms with van der Waals surface area (Å²) in [5.74, 6) is 0.395. The fourth-order valence-corrected chi connectivity index (χ4v) is 2.87. The Morgan fingerprint density at radius 2 is 2.00 bits per heavy atom. The third-order valence-electron chi connectivity index (χ3n) is 3.82. The average Bonchev–Trinajstić information content (AvgIpc) is 2.64. The molecule has 2 saturated heterocycles. The van der Waals surface area contributed by atoms with Gasteiger partial charge in [0, 0.05) is 38.6 Å². The molecule has 0 aliphatic carbocycles. The summed E-state index contributed by atoms with van der Waals surface area (Å²) < 4.78 is 0. The molecule has 102 valence electrons. The summed E-state index contributed by atoms with van der Waals surface area (Å²) in [5.41, 5.74) is 0. The molecule has 1 N–H and O–H groups in total. The van der Waals surface area contributed by atoms with E-state index in [2.05, 4.69) is 19.2 Å². The molecule has 0 saturated carbocycles. The molecule has 0 aromatic heterocycles. The van der Waals surface area contributed by atoms with E-state index in [4.69, 9.17) is 0 Å². The van der Waals surface area contributed by atoms with Gasteiger partial charge in [-0.15, -0.1) is 0 Å². The molecular formula is C13H23N3O2. The third kappa shape index (κ3) is 2.66. The molecule has 2 aliphatic heterocycles. The third-order valence-corrected chi connectivity index (χ3v) is 3.82. The molecule has 2 heterocycles. The maximum absolute atomic E-state index is 12.3. The van der Waals surface area contributed by atoms with Crippen LogP contribution in [0.25, 0.3) is 0 Å². The molecule has 2 rings (SSSR count). The monoisotopic (exact) mass is 253 g/mol. The van der Waals surface area contributed by atoms with Gasteiger partial charge in [0.2, 0.25) is 11.8 Å². The molecule has 5 heteroatoms. The molecule has 0 spiro atoms. The number of likely N-dealkylation sites (tertiary alicyclic amines) is 2. The summed E-state index contributed by atoms with van der Waals surface area (Å²) >= 11 is 0. The molecule has 5 nitrogen and oxygen atoms in total. The number of amides is 2. The van der Waals surface area contributed by atoms with Gasteiger partial charge in [-0.3, -0.25) is 9.59 Å². The lowest BCUT2D eigenvalue weighted by Crippen LogP contribution is -2.51. The van der Waals surface area contributed by atoms with Gasteiger partial charge in [-0.1, -0.05) is 13.8 Å². The summed E-state index contributed by atoms with van der Waals surface area (Å²) in [6, 6.07) is 0.501. The van der Waals surface area contributed by atoms with Gasteiger partial charge in [-0.2, -0.15) is 0 Å². The number of rotatable bonds is 3. The van der Waals surface area contributed by atoms with Crippen molar-refractivity contribution in [2.45, 2.75) is 51.2 Å². The van der Waals surface area contributed by atoms with Crippen LogP contribution in [0.5, 0.6) is 0 Å². The first-order chi connectivity index (χ1) is 8.49. The van der Waals surface area contributed by atoms with Crippen LogP contribution >= 0.6 is 0 Å². The van der Waals surface area contributed by atoms with E-state index < -0.39 is 0 Å². The first-order valence-corrected chi connectivity index (χ1v) is 6.79. The van der Waals surface area contributed by atoms with Crippen LogP contribution in [0.2, 0.25) is 0 Å². The standard InChI is InChI=1S/C13H23N3O2/c1-9(2)14-11-6-7-16(13(11)18)10-4-5-12(17)15(3)8-10/h9-11,14H,4-8H2,1-3H3. The molecule has 18 heavy (non-hydrogen) atoms. The SMILES string of the molecule is CC(C)NC1CCN(C2CCC(=O)N(C)C2)C1=O. The first kappa shape index (κ1) is 13.3. The van der Waals surface area contributed by atoms with Crippen molar-refractivity contribution < 1.29 is 9.59 Å². The van der Waals surface area contributed by atoms with Crippen molar-refractivity contribution in [2.24, 2.45) is 0 Å². The van der Waals surface area contributed by atoms with Crippen molar-refractivity contribution in [3.63, 3.8) is 0 Å². The Morgan fingerprint density at radius 1 is 1.28 bits per heavy atom. The Labute approximate surface area is 108 Å². The van der Waals surface area contributed by atoms with Crippen LogP contribution in [0.15, 0.2) is 0 Å². The molecular weight excluding hydrogens is 230 g/mol. The quantitative estimate of drug-likeness (QED) is 0.782. The van der Waals surface area contributed by atoms with Gasteiger partial charge in [0.15, 0.2) is 0 Å². The maximum atomic E-state index is 12.3. The van der Waals surface area contributed by atoms with E-state index in [0.29, 0.717) is 19.0 Å². The number of likely N-dealkylation sites (N-methyl/N-ethyl adjacent to an activating group) is 1. The Hall–Kier alpha value is -1.10. The molecule has 2 atom stereocenters.